The van der Waals surface area contributed by atoms with Crippen molar-refractivity contribution in [1.82, 2.24) is 19.0 Å². The summed E-state index contributed by atoms with van der Waals surface area (Å²) in [6.45, 7) is -0.459. The van der Waals surface area contributed by atoms with Crippen LogP contribution in [-0.4, -0.2) is 48.2 Å². The van der Waals surface area contributed by atoms with E-state index in [-0.39, 0.29) is 17.3 Å². The highest BCUT2D eigenvalue weighted by molar-refractivity contribution is 5.78. The zero-order valence-corrected chi connectivity index (χ0v) is 23.0. The molecule has 7 rings (SSSR count). The van der Waals surface area contributed by atoms with Crippen molar-refractivity contribution in [3.8, 4) is 11.3 Å². The molecule has 4 aliphatic rings. The second-order valence-electron chi connectivity index (χ2n) is 12.7. The van der Waals surface area contributed by atoms with Crippen LogP contribution in [0, 0.1) is 11.8 Å². The fourth-order valence-corrected chi connectivity index (χ4v) is 8.78. The number of hydrogen-bond acceptors (Lipinski definition) is 5. The molecule has 0 radical (unpaired) electrons. The lowest BCUT2D eigenvalue weighted by molar-refractivity contribution is -0.137. The topological polar surface area (TPSA) is 97.4 Å². The molecular weight excluding hydrogens is 504 g/mol. The van der Waals surface area contributed by atoms with E-state index in [0.29, 0.717) is 23.7 Å². The normalized spacial score (nSPS) is 30.3. The standard InChI is InChI=1S/C32H38N4O4/c37-29-12-11-22(18-34(29)19-30(38)39)31-32(40)36(28-10-2-1-9-27(28)33-31)26-16-23-7-4-8-24(17-26)35(23)25-14-20-5-3-6-21(13-20)15-25/h1-2,9-12,18,20-21,23-26H,3-8,13-17,19H2,(H,38,39)/t20-,21+,23-,24+,25+,26+. The fraction of sp³-hybridized carbons (Fsp3) is 0.562. The lowest BCUT2D eigenvalue weighted by atomic mass is 9.68. The quantitative estimate of drug-likeness (QED) is 0.496. The molecule has 0 unspecified atom stereocenters. The number of rotatable bonds is 5. The van der Waals surface area contributed by atoms with Gasteiger partial charge >= 0.3 is 5.97 Å². The highest BCUT2D eigenvalue weighted by atomic mass is 16.4. The summed E-state index contributed by atoms with van der Waals surface area (Å²) in [5, 5.41) is 9.26. The van der Waals surface area contributed by atoms with E-state index >= 15 is 0 Å². The predicted octanol–water partition coefficient (Wildman–Crippen LogP) is 4.84. The van der Waals surface area contributed by atoms with Gasteiger partial charge in [-0.05, 0) is 75.0 Å². The molecule has 4 fully saturated rings. The summed E-state index contributed by atoms with van der Waals surface area (Å²) in [6, 6.07) is 12.5. The van der Waals surface area contributed by atoms with Crippen molar-refractivity contribution in [3.05, 3.63) is 63.3 Å². The van der Waals surface area contributed by atoms with E-state index in [0.717, 1.165) is 40.3 Å². The number of piperidine rings is 2. The van der Waals surface area contributed by atoms with Gasteiger partial charge in [0.15, 0.2) is 0 Å². The minimum atomic E-state index is -1.11. The molecule has 2 aliphatic carbocycles. The minimum Gasteiger partial charge on any atom is -0.480 e. The molecule has 1 N–H and O–H groups in total. The molecule has 40 heavy (non-hydrogen) atoms. The fourth-order valence-electron chi connectivity index (χ4n) is 8.78. The maximum atomic E-state index is 14.2. The largest absolute Gasteiger partial charge is 0.480 e. The van der Waals surface area contributed by atoms with Crippen molar-refractivity contribution in [1.29, 1.82) is 0 Å². The second kappa shape index (κ2) is 10.3. The third kappa shape index (κ3) is 4.60. The molecule has 2 saturated heterocycles. The van der Waals surface area contributed by atoms with Crippen LogP contribution in [0.1, 0.15) is 76.7 Å². The Hall–Kier alpha value is -3.26. The van der Waals surface area contributed by atoms with Crippen LogP contribution in [0.5, 0.6) is 0 Å². The van der Waals surface area contributed by atoms with E-state index in [9.17, 15) is 19.5 Å². The summed E-state index contributed by atoms with van der Waals surface area (Å²) in [5.74, 6) is 0.687. The van der Waals surface area contributed by atoms with Gasteiger partial charge in [-0.1, -0.05) is 37.8 Å². The number of para-hydroxylation sites is 2. The Labute approximate surface area is 233 Å². The number of pyridine rings is 1. The zero-order chi connectivity index (χ0) is 27.4. The molecule has 0 spiro atoms. The van der Waals surface area contributed by atoms with Crippen LogP contribution < -0.4 is 11.1 Å². The number of carboxylic acid groups (broad SMARTS) is 1. The summed E-state index contributed by atoms with van der Waals surface area (Å²) in [4.78, 5) is 45.5. The maximum absolute atomic E-state index is 14.2. The van der Waals surface area contributed by atoms with E-state index in [2.05, 4.69) is 4.90 Å². The van der Waals surface area contributed by atoms with Crippen molar-refractivity contribution in [2.45, 2.75) is 101 Å². The number of carbonyl (C=O) groups is 1. The molecule has 2 aliphatic heterocycles. The number of benzene rings is 1. The van der Waals surface area contributed by atoms with Gasteiger partial charge in [-0.15, -0.1) is 0 Å². The Balaban J connectivity index is 1.26. The predicted molar refractivity (Wildman–Crippen MR) is 153 cm³/mol. The molecule has 4 bridgehead atoms. The highest BCUT2D eigenvalue weighted by Gasteiger charge is 2.45. The number of hydrogen-bond donors (Lipinski definition) is 1. The Morgan fingerprint density at radius 1 is 0.825 bits per heavy atom. The van der Waals surface area contributed by atoms with Crippen LogP contribution in [0.15, 0.2) is 52.2 Å². The van der Waals surface area contributed by atoms with Gasteiger partial charge in [-0.3, -0.25) is 19.3 Å². The van der Waals surface area contributed by atoms with Crippen molar-refractivity contribution in [2.75, 3.05) is 0 Å². The van der Waals surface area contributed by atoms with Gasteiger partial charge in [-0.2, -0.15) is 0 Å². The Morgan fingerprint density at radius 3 is 2.25 bits per heavy atom. The highest BCUT2D eigenvalue weighted by Crippen LogP contribution is 2.47. The molecule has 1 aromatic carbocycles. The van der Waals surface area contributed by atoms with Gasteiger partial charge in [0.1, 0.15) is 12.2 Å². The van der Waals surface area contributed by atoms with Gasteiger partial charge in [0.25, 0.3) is 11.1 Å². The first-order valence-corrected chi connectivity index (χ1v) is 15.2. The molecule has 4 heterocycles. The smallest absolute Gasteiger partial charge is 0.323 e. The third-order valence-electron chi connectivity index (χ3n) is 10.3. The van der Waals surface area contributed by atoms with Crippen LogP contribution in [0.25, 0.3) is 22.3 Å². The third-order valence-corrected chi connectivity index (χ3v) is 10.3. The van der Waals surface area contributed by atoms with E-state index < -0.39 is 18.1 Å². The van der Waals surface area contributed by atoms with Crippen LogP contribution in [0.3, 0.4) is 0 Å². The minimum absolute atomic E-state index is 0.0821. The summed E-state index contributed by atoms with van der Waals surface area (Å²) < 4.78 is 3.10. The Kier molecular flexibility index (Phi) is 6.61. The first kappa shape index (κ1) is 25.7. The van der Waals surface area contributed by atoms with Gasteiger partial charge in [0.2, 0.25) is 0 Å². The van der Waals surface area contributed by atoms with Crippen LogP contribution >= 0.6 is 0 Å². The lowest BCUT2D eigenvalue weighted by Crippen LogP contribution is -2.58. The monoisotopic (exact) mass is 542 g/mol. The van der Waals surface area contributed by atoms with Crippen molar-refractivity contribution < 1.29 is 9.90 Å². The zero-order valence-electron chi connectivity index (χ0n) is 23.0. The van der Waals surface area contributed by atoms with Crippen molar-refractivity contribution in [2.24, 2.45) is 11.8 Å². The summed E-state index contributed by atoms with van der Waals surface area (Å²) >= 11 is 0. The number of nitrogens with zero attached hydrogens (tertiary/aromatic N) is 4. The van der Waals surface area contributed by atoms with Crippen LogP contribution in [0.4, 0.5) is 0 Å². The van der Waals surface area contributed by atoms with E-state index in [1.165, 1.54) is 70.1 Å². The van der Waals surface area contributed by atoms with Crippen LogP contribution in [0.2, 0.25) is 0 Å². The number of fused-ring (bicyclic) bond motifs is 5. The maximum Gasteiger partial charge on any atom is 0.323 e. The Bertz CT molecular complexity index is 1530. The van der Waals surface area contributed by atoms with Gasteiger partial charge in [-0.25, -0.2) is 4.98 Å². The van der Waals surface area contributed by atoms with E-state index in [1.54, 1.807) is 6.07 Å². The summed E-state index contributed by atoms with van der Waals surface area (Å²) in [7, 11) is 0. The van der Waals surface area contributed by atoms with Crippen molar-refractivity contribution in [3.63, 3.8) is 0 Å². The van der Waals surface area contributed by atoms with Crippen LogP contribution in [-0.2, 0) is 11.3 Å². The molecular formula is C32H38N4O4. The van der Waals surface area contributed by atoms with Gasteiger partial charge < -0.3 is 14.2 Å². The molecule has 8 nitrogen and oxygen atoms in total. The van der Waals surface area contributed by atoms with E-state index in [1.807, 2.05) is 28.8 Å². The van der Waals surface area contributed by atoms with E-state index in [4.69, 9.17) is 4.98 Å². The van der Waals surface area contributed by atoms with Crippen molar-refractivity contribution >= 4 is 17.0 Å². The molecule has 2 saturated carbocycles. The SMILES string of the molecule is O=C(O)Cn1cc(-c2nc3ccccc3n([C@H]3C[C@H]4CCC[C@@H](C3)N4[C@H]3C[C@@H]4CCC[C@@H](C4)C3)c2=O)ccc1=O. The number of aliphatic carboxylic acids is 1. The number of carboxylic acids is 1. The molecule has 8 heteroatoms. The lowest BCUT2D eigenvalue weighted by Gasteiger charge is -2.55. The molecule has 3 aromatic rings. The first-order chi connectivity index (χ1) is 19.4. The average molecular weight is 543 g/mol. The van der Waals surface area contributed by atoms with Gasteiger partial charge in [0.05, 0.1) is 11.0 Å². The summed E-state index contributed by atoms with van der Waals surface area (Å²) in [6.07, 6.45) is 15.4. The first-order valence-electron chi connectivity index (χ1n) is 15.2. The Morgan fingerprint density at radius 2 is 1.52 bits per heavy atom. The molecule has 0 amide bonds. The number of aromatic nitrogens is 3. The van der Waals surface area contributed by atoms with Gasteiger partial charge in [0, 0.05) is 42.0 Å². The molecule has 6 atom stereocenters. The second-order valence-corrected chi connectivity index (χ2v) is 12.7. The molecule has 2 aromatic heterocycles. The summed E-state index contributed by atoms with van der Waals surface area (Å²) in [5.41, 5.74) is 1.74. The molecule has 210 valence electrons. The average Bonchev–Trinajstić information content (AvgIpc) is 2.93.